The van der Waals surface area contributed by atoms with Crippen molar-refractivity contribution in [2.75, 3.05) is 0 Å². The van der Waals surface area contributed by atoms with E-state index < -0.39 is 0 Å². The SMILES string of the molecule is CCc1ccc(C2=NCc3c(Cl)cccc3-n3cccc32)cc1.CCc1cccc(C2=NCc3c(Cl)cccc3-n3cccc32)c1. The number of aliphatic imine (C=N–C) groups is 2. The quantitative estimate of drug-likeness (QED) is 0.184. The Morgan fingerprint density at radius 3 is 1.61 bits per heavy atom. The molecule has 46 heavy (non-hydrogen) atoms. The first kappa shape index (κ1) is 30.0. The van der Waals surface area contributed by atoms with Crippen molar-refractivity contribution in [3.63, 3.8) is 0 Å². The zero-order valence-electron chi connectivity index (χ0n) is 25.9. The predicted molar refractivity (Wildman–Crippen MR) is 192 cm³/mol. The third-order valence-corrected chi connectivity index (χ3v) is 9.43. The predicted octanol–water partition coefficient (Wildman–Crippen LogP) is 10.1. The monoisotopic (exact) mass is 640 g/mol. The van der Waals surface area contributed by atoms with Gasteiger partial charge in [0.25, 0.3) is 0 Å². The number of aromatic nitrogens is 2. The summed E-state index contributed by atoms with van der Waals surface area (Å²) in [5, 5.41) is 1.54. The molecule has 0 unspecified atom stereocenters. The minimum Gasteiger partial charge on any atom is -0.315 e. The van der Waals surface area contributed by atoms with Crippen molar-refractivity contribution in [2.24, 2.45) is 9.98 Å². The number of rotatable bonds is 4. The van der Waals surface area contributed by atoms with Crippen molar-refractivity contribution < 1.29 is 0 Å². The highest BCUT2D eigenvalue weighted by atomic mass is 35.5. The van der Waals surface area contributed by atoms with E-state index >= 15 is 0 Å². The molecule has 2 aromatic heterocycles. The van der Waals surface area contributed by atoms with Crippen molar-refractivity contribution in [1.29, 1.82) is 0 Å². The summed E-state index contributed by atoms with van der Waals surface area (Å²) in [6, 6.07) is 37.7. The Bertz CT molecular complexity index is 2100. The highest BCUT2D eigenvalue weighted by molar-refractivity contribution is 6.32. The summed E-state index contributed by atoms with van der Waals surface area (Å²) in [5.74, 6) is 0. The van der Waals surface area contributed by atoms with Gasteiger partial charge >= 0.3 is 0 Å². The van der Waals surface area contributed by atoms with Gasteiger partial charge in [-0.2, -0.15) is 0 Å². The summed E-state index contributed by atoms with van der Waals surface area (Å²) in [4.78, 5) is 9.77. The second kappa shape index (κ2) is 13.0. The van der Waals surface area contributed by atoms with Crippen LogP contribution in [0.15, 0.2) is 132 Å². The lowest BCUT2D eigenvalue weighted by Gasteiger charge is -2.12. The molecule has 0 bridgehead atoms. The van der Waals surface area contributed by atoms with Crippen LogP contribution in [-0.2, 0) is 25.9 Å². The minimum atomic E-state index is 0.599. The van der Waals surface area contributed by atoms with Crippen LogP contribution in [0.3, 0.4) is 0 Å². The lowest BCUT2D eigenvalue weighted by molar-refractivity contribution is 1.02. The van der Waals surface area contributed by atoms with E-state index in [9.17, 15) is 0 Å². The van der Waals surface area contributed by atoms with E-state index in [1.807, 2.05) is 24.3 Å². The van der Waals surface area contributed by atoms with E-state index in [1.165, 1.54) is 11.1 Å². The number of nitrogens with zero attached hydrogens (tertiary/aromatic N) is 4. The summed E-state index contributed by atoms with van der Waals surface area (Å²) in [5.41, 5.74) is 13.6. The standard InChI is InChI=1S/2C20H17ClN2/c1-2-14-6-3-7-15(12-14)20-19-10-5-11-23(19)18-9-4-8-17(21)16(18)13-22-20;1-2-14-8-10-15(11-9-14)20-19-7-4-12-23(19)18-6-3-5-17(21)16(18)13-22-20/h2*3-12H,2,13H2,1H3. The maximum Gasteiger partial charge on any atom is 0.0891 e. The fraction of sp³-hybridized carbons (Fsp3) is 0.150. The van der Waals surface area contributed by atoms with Crippen molar-refractivity contribution in [3.8, 4) is 11.4 Å². The molecule has 2 aliphatic rings. The number of benzene rings is 4. The van der Waals surface area contributed by atoms with Crippen molar-refractivity contribution in [2.45, 2.75) is 39.8 Å². The topological polar surface area (TPSA) is 34.6 Å². The Morgan fingerprint density at radius 2 is 1.07 bits per heavy atom. The van der Waals surface area contributed by atoms with Crippen LogP contribution in [0.1, 0.15) is 58.6 Å². The Hall–Kier alpha value is -4.64. The number of fused-ring (bicyclic) bond motifs is 6. The second-order valence-corrected chi connectivity index (χ2v) is 12.3. The number of aryl methyl sites for hydroxylation is 2. The van der Waals surface area contributed by atoms with E-state index in [0.717, 1.165) is 79.3 Å². The molecule has 0 fully saturated rings. The third kappa shape index (κ3) is 5.64. The molecule has 0 aliphatic carbocycles. The Kier molecular flexibility index (Phi) is 8.49. The molecule has 0 amide bonds. The highest BCUT2D eigenvalue weighted by Gasteiger charge is 2.21. The molecule has 0 atom stereocenters. The molecule has 4 heterocycles. The fourth-order valence-corrected chi connectivity index (χ4v) is 6.68. The Morgan fingerprint density at radius 1 is 0.543 bits per heavy atom. The maximum absolute atomic E-state index is 6.41. The van der Waals surface area contributed by atoms with E-state index in [4.69, 9.17) is 33.2 Å². The molecule has 2 aliphatic heterocycles. The third-order valence-electron chi connectivity index (χ3n) is 8.72. The molecular weight excluding hydrogens is 607 g/mol. The molecule has 0 saturated carbocycles. The van der Waals surface area contributed by atoms with Crippen LogP contribution >= 0.6 is 23.2 Å². The van der Waals surface area contributed by atoms with Crippen molar-refractivity contribution in [1.82, 2.24) is 9.13 Å². The van der Waals surface area contributed by atoms with Crippen LogP contribution in [0.4, 0.5) is 0 Å². The Balaban J connectivity index is 0.000000147. The lowest BCUT2D eigenvalue weighted by atomic mass is 10.0. The van der Waals surface area contributed by atoms with Crippen molar-refractivity contribution >= 4 is 34.6 Å². The molecule has 8 rings (SSSR count). The Labute approximate surface area is 280 Å². The molecule has 0 radical (unpaired) electrons. The lowest BCUT2D eigenvalue weighted by Crippen LogP contribution is -2.08. The fourth-order valence-electron chi connectivity index (χ4n) is 6.22. The minimum absolute atomic E-state index is 0.599. The van der Waals surface area contributed by atoms with Gasteiger partial charge in [0.15, 0.2) is 0 Å². The average Bonchev–Trinajstić information content (AvgIpc) is 3.71. The van der Waals surface area contributed by atoms with Gasteiger partial charge in [0.2, 0.25) is 0 Å². The van der Waals surface area contributed by atoms with Gasteiger partial charge in [-0.15, -0.1) is 0 Å². The number of hydrogen-bond acceptors (Lipinski definition) is 2. The van der Waals surface area contributed by atoms with Gasteiger partial charge in [0.05, 0.1) is 47.3 Å². The van der Waals surface area contributed by atoms with E-state index in [0.29, 0.717) is 13.1 Å². The molecule has 6 heteroatoms. The summed E-state index contributed by atoms with van der Waals surface area (Å²) in [6.07, 6.45) is 6.22. The van der Waals surface area contributed by atoms with Gasteiger partial charge in [-0.25, -0.2) is 0 Å². The van der Waals surface area contributed by atoms with Crippen LogP contribution in [0.2, 0.25) is 10.0 Å². The maximum atomic E-state index is 6.41. The first-order valence-corrected chi connectivity index (χ1v) is 16.5. The molecule has 0 N–H and O–H groups in total. The molecule has 228 valence electrons. The first-order valence-electron chi connectivity index (χ1n) is 15.7. The van der Waals surface area contributed by atoms with Crippen LogP contribution in [0, 0.1) is 0 Å². The van der Waals surface area contributed by atoms with Crippen LogP contribution in [-0.4, -0.2) is 20.6 Å². The van der Waals surface area contributed by atoms with Crippen LogP contribution in [0.25, 0.3) is 11.4 Å². The molecule has 4 aromatic carbocycles. The van der Waals surface area contributed by atoms with Gasteiger partial charge in [0.1, 0.15) is 0 Å². The molecule has 0 spiro atoms. The van der Waals surface area contributed by atoms with E-state index in [1.54, 1.807) is 0 Å². The summed E-state index contributed by atoms with van der Waals surface area (Å²) < 4.78 is 4.37. The average molecular weight is 642 g/mol. The number of hydrogen-bond donors (Lipinski definition) is 0. The number of halogens is 2. The van der Waals surface area contributed by atoms with Gasteiger partial charge in [-0.1, -0.05) is 91.6 Å². The first-order chi connectivity index (χ1) is 22.6. The molecular formula is C40H34Cl2N4. The summed E-state index contributed by atoms with van der Waals surface area (Å²) in [7, 11) is 0. The van der Waals surface area contributed by atoms with E-state index in [2.05, 4.69) is 120 Å². The van der Waals surface area contributed by atoms with Crippen LogP contribution < -0.4 is 0 Å². The van der Waals surface area contributed by atoms with Gasteiger partial charge in [-0.05, 0) is 78.6 Å². The van der Waals surface area contributed by atoms with Gasteiger partial charge < -0.3 is 9.13 Å². The summed E-state index contributed by atoms with van der Waals surface area (Å²) in [6.45, 7) is 5.54. The van der Waals surface area contributed by atoms with Gasteiger partial charge in [-0.3, -0.25) is 9.98 Å². The smallest absolute Gasteiger partial charge is 0.0891 e. The van der Waals surface area contributed by atoms with Crippen molar-refractivity contribution in [3.05, 3.63) is 176 Å². The largest absolute Gasteiger partial charge is 0.315 e. The zero-order valence-corrected chi connectivity index (χ0v) is 27.4. The summed E-state index contributed by atoms with van der Waals surface area (Å²) >= 11 is 12.8. The van der Waals surface area contributed by atoms with Gasteiger partial charge in [0, 0.05) is 44.7 Å². The van der Waals surface area contributed by atoms with E-state index in [-0.39, 0.29) is 0 Å². The second-order valence-electron chi connectivity index (χ2n) is 11.4. The van der Waals surface area contributed by atoms with Crippen LogP contribution in [0.5, 0.6) is 0 Å². The molecule has 0 saturated heterocycles. The molecule has 6 aromatic rings. The highest BCUT2D eigenvalue weighted by Crippen LogP contribution is 2.31. The normalized spacial score (nSPS) is 13.0. The molecule has 4 nitrogen and oxygen atoms in total. The zero-order chi connectivity index (χ0) is 31.6.